The second kappa shape index (κ2) is 6.78. The maximum atomic E-state index is 13.1. The molecule has 1 saturated carbocycles. The van der Waals surface area contributed by atoms with Gasteiger partial charge in [0.2, 0.25) is 11.8 Å². The van der Waals surface area contributed by atoms with Gasteiger partial charge in [0.1, 0.15) is 6.10 Å². The van der Waals surface area contributed by atoms with Crippen LogP contribution in [0.25, 0.3) is 0 Å². The molecule has 0 radical (unpaired) electrons. The number of halogens is 3. The Kier molecular flexibility index (Phi) is 5.42. The molecule has 0 unspecified atom stereocenters. The summed E-state index contributed by atoms with van der Waals surface area (Å²) in [7, 11) is -3.13. The van der Waals surface area contributed by atoms with Gasteiger partial charge in [0.15, 0.2) is 9.84 Å². The van der Waals surface area contributed by atoms with Crippen LogP contribution in [0, 0.1) is 0 Å². The van der Waals surface area contributed by atoms with Crippen LogP contribution in [-0.4, -0.2) is 31.2 Å². The molecule has 4 nitrogen and oxygen atoms in total. The minimum atomic E-state index is -3.13. The van der Waals surface area contributed by atoms with E-state index in [1.807, 2.05) is 0 Å². The topological polar surface area (TPSA) is 56.3 Å². The maximum Gasteiger partial charge on any atom is 0.248 e. The molecule has 22 heavy (non-hydrogen) atoms. The Morgan fingerprint density at radius 2 is 2.05 bits per heavy atom. The van der Waals surface area contributed by atoms with Crippen molar-refractivity contribution in [2.75, 3.05) is 5.75 Å². The molecule has 0 bridgehead atoms. The van der Waals surface area contributed by atoms with Crippen LogP contribution < -0.4 is 4.74 Å². The molecule has 0 aromatic carbocycles. The lowest BCUT2D eigenvalue weighted by Gasteiger charge is -2.28. The molecule has 0 spiro atoms. The van der Waals surface area contributed by atoms with E-state index in [4.69, 9.17) is 4.74 Å². The van der Waals surface area contributed by atoms with Crippen molar-refractivity contribution in [2.45, 2.75) is 50.4 Å². The summed E-state index contributed by atoms with van der Waals surface area (Å²) in [5.41, 5.74) is 0.566. The zero-order valence-corrected chi connectivity index (χ0v) is 14.6. The predicted molar refractivity (Wildman–Crippen MR) is 82.9 cm³/mol. The minimum Gasteiger partial charge on any atom is -0.474 e. The summed E-state index contributed by atoms with van der Waals surface area (Å²) in [6, 6.07) is 1.65. The molecule has 1 aliphatic rings. The summed E-state index contributed by atoms with van der Waals surface area (Å²) >= 11 is 3.30. The van der Waals surface area contributed by atoms with Crippen LogP contribution in [0.3, 0.4) is 0 Å². The van der Waals surface area contributed by atoms with Crippen molar-refractivity contribution in [2.24, 2.45) is 0 Å². The smallest absolute Gasteiger partial charge is 0.248 e. The third kappa shape index (κ3) is 4.87. The first-order valence-corrected chi connectivity index (χ1v) is 9.71. The van der Waals surface area contributed by atoms with Crippen molar-refractivity contribution in [3.05, 3.63) is 22.3 Å². The summed E-state index contributed by atoms with van der Waals surface area (Å²) in [4.78, 5) is 4.11. The highest BCUT2D eigenvalue weighted by molar-refractivity contribution is 9.10. The standard InChI is InChI=1S/C14H18BrF2NO3S/c1-2-22(19,20)9-10-7-12(15)13(18-8-10)21-11-3-5-14(16,17)6-4-11/h7-8,11H,2-6,9H2,1H3. The van der Waals surface area contributed by atoms with Crippen LogP contribution >= 0.6 is 15.9 Å². The van der Waals surface area contributed by atoms with Crippen LogP contribution in [0.1, 0.15) is 38.2 Å². The highest BCUT2D eigenvalue weighted by Crippen LogP contribution is 2.35. The van der Waals surface area contributed by atoms with Crippen molar-refractivity contribution >= 4 is 25.8 Å². The first kappa shape index (κ1) is 17.6. The molecule has 0 N–H and O–H groups in total. The fourth-order valence-corrected chi connectivity index (χ4v) is 3.64. The molecule has 0 saturated heterocycles. The molecular weight excluding hydrogens is 380 g/mol. The second-order valence-corrected chi connectivity index (χ2v) is 8.69. The van der Waals surface area contributed by atoms with Crippen molar-refractivity contribution < 1.29 is 21.9 Å². The van der Waals surface area contributed by atoms with Gasteiger partial charge in [0.05, 0.1) is 10.2 Å². The molecule has 1 aliphatic carbocycles. The predicted octanol–water partition coefficient (Wildman–Crippen LogP) is 3.74. The van der Waals surface area contributed by atoms with Crippen LogP contribution in [0.5, 0.6) is 5.88 Å². The Hall–Kier alpha value is -0.760. The van der Waals surface area contributed by atoms with Gasteiger partial charge in [-0.3, -0.25) is 0 Å². The number of sulfone groups is 1. The van der Waals surface area contributed by atoms with E-state index >= 15 is 0 Å². The van der Waals surface area contributed by atoms with Gasteiger partial charge in [-0.2, -0.15) is 0 Å². The Balaban J connectivity index is 2.01. The third-order valence-corrected chi connectivity index (χ3v) is 5.85. The summed E-state index contributed by atoms with van der Waals surface area (Å²) in [6.07, 6.45) is 1.38. The first-order chi connectivity index (χ1) is 10.2. The van der Waals surface area contributed by atoms with Crippen LogP contribution in [0.2, 0.25) is 0 Å². The van der Waals surface area contributed by atoms with Gasteiger partial charge in [0, 0.05) is 24.8 Å². The van der Waals surface area contributed by atoms with Crippen molar-refractivity contribution in [1.29, 1.82) is 0 Å². The lowest BCUT2D eigenvalue weighted by molar-refractivity contribution is -0.0589. The fraction of sp³-hybridized carbons (Fsp3) is 0.643. The highest BCUT2D eigenvalue weighted by Gasteiger charge is 2.36. The van der Waals surface area contributed by atoms with Gasteiger partial charge in [-0.1, -0.05) is 6.92 Å². The van der Waals surface area contributed by atoms with Gasteiger partial charge in [-0.15, -0.1) is 0 Å². The van der Waals surface area contributed by atoms with E-state index in [-0.39, 0.29) is 43.3 Å². The number of ether oxygens (including phenoxy) is 1. The van der Waals surface area contributed by atoms with Gasteiger partial charge < -0.3 is 4.74 Å². The van der Waals surface area contributed by atoms with Gasteiger partial charge >= 0.3 is 0 Å². The average Bonchev–Trinajstić information content (AvgIpc) is 2.43. The van der Waals surface area contributed by atoms with Crippen molar-refractivity contribution in [3.63, 3.8) is 0 Å². The van der Waals surface area contributed by atoms with Crippen molar-refractivity contribution in [1.82, 2.24) is 4.98 Å². The monoisotopic (exact) mass is 397 g/mol. The van der Waals surface area contributed by atoms with E-state index < -0.39 is 15.8 Å². The molecule has 0 aliphatic heterocycles. The Morgan fingerprint density at radius 1 is 1.41 bits per heavy atom. The SMILES string of the molecule is CCS(=O)(=O)Cc1cnc(OC2CCC(F)(F)CC2)c(Br)c1. The molecule has 1 heterocycles. The molecule has 0 amide bonds. The number of rotatable bonds is 5. The van der Waals surface area contributed by atoms with E-state index in [1.54, 1.807) is 13.0 Å². The molecule has 124 valence electrons. The Labute approximate surface area is 137 Å². The molecule has 1 fully saturated rings. The lowest BCUT2D eigenvalue weighted by Crippen LogP contribution is -2.31. The molecule has 1 aromatic heterocycles. The summed E-state index contributed by atoms with van der Waals surface area (Å²) in [5, 5.41) is 0. The molecule has 2 rings (SSSR count). The quantitative estimate of drug-likeness (QED) is 0.759. The fourth-order valence-electron chi connectivity index (χ4n) is 2.28. The molecule has 0 atom stereocenters. The summed E-state index contributed by atoms with van der Waals surface area (Å²) < 4.78 is 55.6. The average molecular weight is 398 g/mol. The van der Waals surface area contributed by atoms with E-state index in [0.29, 0.717) is 15.9 Å². The van der Waals surface area contributed by atoms with E-state index in [9.17, 15) is 17.2 Å². The molecular formula is C14H18BrF2NO3S. The van der Waals surface area contributed by atoms with Crippen LogP contribution in [0.15, 0.2) is 16.7 Å². The number of aromatic nitrogens is 1. The zero-order chi connectivity index (χ0) is 16.4. The van der Waals surface area contributed by atoms with E-state index in [1.165, 1.54) is 6.20 Å². The van der Waals surface area contributed by atoms with Crippen molar-refractivity contribution in [3.8, 4) is 5.88 Å². The molecule has 8 heteroatoms. The van der Waals surface area contributed by atoms with E-state index in [2.05, 4.69) is 20.9 Å². The number of alkyl halides is 2. The number of hydrogen-bond donors (Lipinski definition) is 0. The second-order valence-electron chi connectivity index (χ2n) is 5.48. The Morgan fingerprint density at radius 3 is 2.59 bits per heavy atom. The van der Waals surface area contributed by atoms with Gasteiger partial charge in [0.25, 0.3) is 0 Å². The zero-order valence-electron chi connectivity index (χ0n) is 12.2. The largest absolute Gasteiger partial charge is 0.474 e. The summed E-state index contributed by atoms with van der Waals surface area (Å²) in [6.45, 7) is 1.59. The molecule has 1 aromatic rings. The minimum absolute atomic E-state index is 0.0686. The lowest BCUT2D eigenvalue weighted by atomic mass is 9.94. The van der Waals surface area contributed by atoms with Crippen LogP contribution in [-0.2, 0) is 15.6 Å². The number of hydrogen-bond acceptors (Lipinski definition) is 4. The van der Waals surface area contributed by atoms with Gasteiger partial charge in [-0.05, 0) is 40.4 Å². The van der Waals surface area contributed by atoms with E-state index in [0.717, 1.165) is 0 Å². The first-order valence-electron chi connectivity index (χ1n) is 7.10. The number of nitrogens with zero attached hydrogens (tertiary/aromatic N) is 1. The van der Waals surface area contributed by atoms with Crippen LogP contribution in [0.4, 0.5) is 8.78 Å². The Bertz CT molecular complexity index is 627. The summed E-state index contributed by atoms with van der Waals surface area (Å²) in [5.74, 6) is -2.29. The highest BCUT2D eigenvalue weighted by atomic mass is 79.9. The maximum absolute atomic E-state index is 13.1. The van der Waals surface area contributed by atoms with Gasteiger partial charge in [-0.25, -0.2) is 22.2 Å². The normalized spacial score (nSPS) is 19.1. The number of pyridine rings is 1. The third-order valence-electron chi connectivity index (χ3n) is 3.63.